The summed E-state index contributed by atoms with van der Waals surface area (Å²) < 4.78 is 5.23. The molecule has 23 heavy (non-hydrogen) atoms. The van der Waals surface area contributed by atoms with Gasteiger partial charge in [0, 0.05) is 12.1 Å². The lowest BCUT2D eigenvalue weighted by molar-refractivity contribution is 0.0950. The molecule has 0 atom stereocenters. The van der Waals surface area contributed by atoms with Crippen LogP contribution < -0.4 is 5.32 Å². The van der Waals surface area contributed by atoms with Crippen LogP contribution in [-0.4, -0.2) is 11.1 Å². The minimum atomic E-state index is -0.177. The van der Waals surface area contributed by atoms with E-state index < -0.39 is 0 Å². The number of carbonyl (C=O) groups excluding carboxylic acids is 1. The fourth-order valence-electron chi connectivity index (χ4n) is 2.53. The minimum absolute atomic E-state index is 0.177. The first kappa shape index (κ1) is 15.0. The molecule has 0 aliphatic heterocycles. The molecule has 1 amide bonds. The van der Waals surface area contributed by atoms with Crippen LogP contribution in [0.5, 0.6) is 0 Å². The first-order valence-corrected chi connectivity index (χ1v) is 7.50. The fourth-order valence-corrected chi connectivity index (χ4v) is 2.53. The third-order valence-corrected chi connectivity index (χ3v) is 3.67. The number of amides is 1. The van der Waals surface area contributed by atoms with Gasteiger partial charge in [-0.05, 0) is 19.4 Å². The van der Waals surface area contributed by atoms with E-state index in [2.05, 4.69) is 16.5 Å². The zero-order valence-corrected chi connectivity index (χ0v) is 13.2. The summed E-state index contributed by atoms with van der Waals surface area (Å²) >= 11 is 0. The van der Waals surface area contributed by atoms with Crippen molar-refractivity contribution in [3.05, 3.63) is 77.0 Å². The summed E-state index contributed by atoms with van der Waals surface area (Å²) in [7, 11) is 0. The van der Waals surface area contributed by atoms with Crippen molar-refractivity contribution in [3.8, 4) is 11.3 Å². The Morgan fingerprint density at radius 2 is 1.87 bits per heavy atom. The molecule has 0 radical (unpaired) electrons. The van der Waals surface area contributed by atoms with Crippen LogP contribution in [-0.2, 0) is 6.54 Å². The van der Waals surface area contributed by atoms with Gasteiger partial charge in [0.05, 0.1) is 0 Å². The third kappa shape index (κ3) is 3.31. The number of hydrogen-bond donors (Lipinski definition) is 1. The summed E-state index contributed by atoms with van der Waals surface area (Å²) in [4.78, 5) is 12.6. The van der Waals surface area contributed by atoms with Crippen molar-refractivity contribution in [2.75, 3.05) is 0 Å². The number of hydrogen-bond acceptors (Lipinski definition) is 3. The maximum atomic E-state index is 12.6. The second kappa shape index (κ2) is 6.48. The molecule has 2 aromatic carbocycles. The number of nitrogens with one attached hydrogen (secondary N) is 1. The highest BCUT2D eigenvalue weighted by Gasteiger charge is 2.21. The lowest BCUT2D eigenvalue weighted by Gasteiger charge is -2.06. The molecule has 4 heteroatoms. The molecule has 0 bridgehead atoms. The largest absolute Gasteiger partial charge is 0.360 e. The molecule has 0 aliphatic rings. The van der Waals surface area contributed by atoms with Crippen molar-refractivity contribution in [1.29, 1.82) is 0 Å². The topological polar surface area (TPSA) is 55.1 Å². The molecule has 0 fully saturated rings. The Morgan fingerprint density at radius 1 is 1.09 bits per heavy atom. The normalized spacial score (nSPS) is 10.5. The van der Waals surface area contributed by atoms with Gasteiger partial charge in [0.15, 0.2) is 0 Å². The van der Waals surface area contributed by atoms with E-state index in [1.807, 2.05) is 55.5 Å². The molecular weight excluding hydrogens is 288 g/mol. The van der Waals surface area contributed by atoms with Crippen LogP contribution >= 0.6 is 0 Å². The van der Waals surface area contributed by atoms with Gasteiger partial charge in [-0.15, -0.1) is 0 Å². The number of nitrogens with zero attached hydrogens (tertiary/aromatic N) is 1. The highest BCUT2D eigenvalue weighted by molar-refractivity contribution is 6.00. The highest BCUT2D eigenvalue weighted by atomic mass is 16.5. The van der Waals surface area contributed by atoms with Crippen LogP contribution in [0.25, 0.3) is 11.3 Å². The quantitative estimate of drug-likeness (QED) is 0.795. The first-order valence-electron chi connectivity index (χ1n) is 7.50. The number of carbonyl (C=O) groups is 1. The molecule has 0 saturated heterocycles. The van der Waals surface area contributed by atoms with Crippen LogP contribution in [0.4, 0.5) is 0 Å². The van der Waals surface area contributed by atoms with Gasteiger partial charge in [0.25, 0.3) is 5.91 Å². The van der Waals surface area contributed by atoms with E-state index in [9.17, 15) is 4.79 Å². The predicted molar refractivity (Wildman–Crippen MR) is 89.0 cm³/mol. The van der Waals surface area contributed by atoms with Crippen molar-refractivity contribution in [1.82, 2.24) is 10.5 Å². The number of rotatable bonds is 4. The molecule has 0 spiro atoms. The second-order valence-electron chi connectivity index (χ2n) is 5.50. The molecule has 3 aromatic rings. The standard InChI is InChI=1S/C19H18N2O2/c1-13-7-6-8-15(11-13)12-20-19(22)17-14(2)23-21-18(17)16-9-4-3-5-10-16/h3-11H,12H2,1-2H3,(H,20,22). The summed E-state index contributed by atoms with van der Waals surface area (Å²) in [5, 5.41) is 6.98. The maximum Gasteiger partial charge on any atom is 0.257 e. The molecular formula is C19H18N2O2. The van der Waals surface area contributed by atoms with E-state index in [1.165, 1.54) is 5.56 Å². The average molecular weight is 306 g/mol. The third-order valence-electron chi connectivity index (χ3n) is 3.67. The fraction of sp³-hybridized carbons (Fsp3) is 0.158. The molecule has 0 unspecified atom stereocenters. The van der Waals surface area contributed by atoms with Crippen LogP contribution in [0.15, 0.2) is 59.1 Å². The lowest BCUT2D eigenvalue weighted by atomic mass is 10.1. The Bertz CT molecular complexity index is 822. The summed E-state index contributed by atoms with van der Waals surface area (Å²) in [5.74, 6) is 0.342. The summed E-state index contributed by atoms with van der Waals surface area (Å²) in [5.41, 5.74) is 4.16. The molecule has 0 saturated carbocycles. The van der Waals surface area contributed by atoms with Crippen LogP contribution in [0.3, 0.4) is 0 Å². The van der Waals surface area contributed by atoms with Gasteiger partial charge in [-0.1, -0.05) is 65.3 Å². The molecule has 1 aromatic heterocycles. The Balaban J connectivity index is 1.81. The molecule has 116 valence electrons. The van der Waals surface area contributed by atoms with E-state index >= 15 is 0 Å². The predicted octanol–water partition coefficient (Wildman–Crippen LogP) is 3.89. The summed E-state index contributed by atoms with van der Waals surface area (Å²) in [6.45, 7) is 4.25. The SMILES string of the molecule is Cc1cccc(CNC(=O)c2c(-c3ccccc3)noc2C)c1. The summed E-state index contributed by atoms with van der Waals surface area (Å²) in [6, 6.07) is 17.6. The number of benzene rings is 2. The van der Waals surface area contributed by atoms with Crippen LogP contribution in [0.1, 0.15) is 27.2 Å². The average Bonchev–Trinajstić information content (AvgIpc) is 2.95. The van der Waals surface area contributed by atoms with Crippen molar-refractivity contribution < 1.29 is 9.32 Å². The van der Waals surface area contributed by atoms with E-state index in [1.54, 1.807) is 6.92 Å². The van der Waals surface area contributed by atoms with E-state index in [-0.39, 0.29) is 5.91 Å². The van der Waals surface area contributed by atoms with Crippen molar-refractivity contribution in [2.24, 2.45) is 0 Å². The Morgan fingerprint density at radius 3 is 2.61 bits per heavy atom. The molecule has 4 nitrogen and oxygen atoms in total. The molecule has 0 aliphatic carbocycles. The number of aromatic nitrogens is 1. The number of aryl methyl sites for hydroxylation is 2. The van der Waals surface area contributed by atoms with Crippen LogP contribution in [0.2, 0.25) is 0 Å². The van der Waals surface area contributed by atoms with E-state index in [0.717, 1.165) is 11.1 Å². The first-order chi connectivity index (χ1) is 11.1. The minimum Gasteiger partial charge on any atom is -0.360 e. The van der Waals surface area contributed by atoms with Gasteiger partial charge in [-0.2, -0.15) is 0 Å². The van der Waals surface area contributed by atoms with Crippen LogP contribution in [0, 0.1) is 13.8 Å². The monoisotopic (exact) mass is 306 g/mol. The zero-order valence-electron chi connectivity index (χ0n) is 13.2. The van der Waals surface area contributed by atoms with Gasteiger partial charge < -0.3 is 9.84 Å². The van der Waals surface area contributed by atoms with E-state index in [4.69, 9.17) is 4.52 Å². The Labute approximate surface area is 135 Å². The maximum absolute atomic E-state index is 12.6. The second-order valence-corrected chi connectivity index (χ2v) is 5.50. The van der Waals surface area contributed by atoms with Crippen molar-refractivity contribution >= 4 is 5.91 Å². The van der Waals surface area contributed by atoms with Gasteiger partial charge >= 0.3 is 0 Å². The molecule has 3 rings (SSSR count). The Hall–Kier alpha value is -2.88. The van der Waals surface area contributed by atoms with Crippen molar-refractivity contribution in [2.45, 2.75) is 20.4 Å². The lowest BCUT2D eigenvalue weighted by Crippen LogP contribution is -2.23. The van der Waals surface area contributed by atoms with E-state index in [0.29, 0.717) is 23.6 Å². The zero-order chi connectivity index (χ0) is 16.2. The van der Waals surface area contributed by atoms with Gasteiger partial charge in [-0.3, -0.25) is 4.79 Å². The van der Waals surface area contributed by atoms with Gasteiger partial charge in [0.1, 0.15) is 17.0 Å². The van der Waals surface area contributed by atoms with Gasteiger partial charge in [0.2, 0.25) is 0 Å². The smallest absolute Gasteiger partial charge is 0.257 e. The Kier molecular flexibility index (Phi) is 4.24. The molecule has 1 heterocycles. The van der Waals surface area contributed by atoms with Gasteiger partial charge in [-0.25, -0.2) is 0 Å². The highest BCUT2D eigenvalue weighted by Crippen LogP contribution is 2.24. The summed E-state index contributed by atoms with van der Waals surface area (Å²) in [6.07, 6.45) is 0. The van der Waals surface area contributed by atoms with Crippen molar-refractivity contribution in [3.63, 3.8) is 0 Å². The molecule has 1 N–H and O–H groups in total.